The number of rotatable bonds is 8. The summed E-state index contributed by atoms with van der Waals surface area (Å²) in [5.41, 5.74) is 2.06. The zero-order valence-corrected chi connectivity index (χ0v) is 12.1. The lowest BCUT2D eigenvalue weighted by Gasteiger charge is -2.16. The second kappa shape index (κ2) is 7.95. The number of carbonyl (C=O) groups is 1. The van der Waals surface area contributed by atoms with E-state index in [0.29, 0.717) is 6.04 Å². The zero-order valence-electron chi connectivity index (χ0n) is 12.1. The monoisotopic (exact) mass is 263 g/mol. The van der Waals surface area contributed by atoms with Gasteiger partial charge in [0.05, 0.1) is 5.92 Å². The van der Waals surface area contributed by atoms with Crippen molar-refractivity contribution >= 4 is 5.97 Å². The molecule has 0 aliphatic rings. The average Bonchev–Trinajstić information content (AvgIpc) is 2.43. The van der Waals surface area contributed by atoms with Crippen LogP contribution >= 0.6 is 0 Å². The van der Waals surface area contributed by atoms with Crippen molar-refractivity contribution < 1.29 is 9.90 Å². The van der Waals surface area contributed by atoms with E-state index in [4.69, 9.17) is 5.11 Å². The molecule has 0 aromatic heterocycles. The molecule has 2 N–H and O–H groups in total. The lowest BCUT2D eigenvalue weighted by Crippen LogP contribution is -2.27. The van der Waals surface area contributed by atoms with Crippen LogP contribution in [0.5, 0.6) is 0 Å². The van der Waals surface area contributed by atoms with E-state index in [9.17, 15) is 4.79 Å². The van der Waals surface area contributed by atoms with E-state index in [1.807, 2.05) is 24.3 Å². The van der Waals surface area contributed by atoms with Crippen LogP contribution in [-0.2, 0) is 11.3 Å². The van der Waals surface area contributed by atoms with Crippen molar-refractivity contribution in [3.63, 3.8) is 0 Å². The minimum Gasteiger partial charge on any atom is -0.481 e. The highest BCUT2D eigenvalue weighted by Gasteiger charge is 2.13. The van der Waals surface area contributed by atoms with Gasteiger partial charge in [0.15, 0.2) is 0 Å². The van der Waals surface area contributed by atoms with Crippen molar-refractivity contribution in [1.29, 1.82) is 0 Å². The van der Waals surface area contributed by atoms with Crippen molar-refractivity contribution in [2.75, 3.05) is 0 Å². The van der Waals surface area contributed by atoms with Crippen molar-refractivity contribution in [1.82, 2.24) is 5.32 Å². The van der Waals surface area contributed by atoms with Crippen molar-refractivity contribution in [3.8, 4) is 0 Å². The molecule has 19 heavy (non-hydrogen) atoms. The summed E-state index contributed by atoms with van der Waals surface area (Å²) in [4.78, 5) is 10.9. The van der Waals surface area contributed by atoms with Gasteiger partial charge in [0.1, 0.15) is 0 Å². The van der Waals surface area contributed by atoms with Crippen LogP contribution < -0.4 is 5.32 Å². The molecule has 0 spiro atoms. The molecule has 0 fully saturated rings. The lowest BCUT2D eigenvalue weighted by atomic mass is 10.00. The highest BCUT2D eigenvalue weighted by molar-refractivity contribution is 5.75. The van der Waals surface area contributed by atoms with E-state index < -0.39 is 11.9 Å². The maximum atomic E-state index is 10.9. The molecule has 1 aromatic rings. The van der Waals surface area contributed by atoms with E-state index in [-0.39, 0.29) is 0 Å². The molecule has 0 saturated carbocycles. The van der Waals surface area contributed by atoms with Crippen LogP contribution in [-0.4, -0.2) is 17.1 Å². The van der Waals surface area contributed by atoms with Crippen LogP contribution in [0.2, 0.25) is 0 Å². The Kier molecular flexibility index (Phi) is 6.57. The van der Waals surface area contributed by atoms with Gasteiger partial charge < -0.3 is 10.4 Å². The van der Waals surface area contributed by atoms with Gasteiger partial charge in [0, 0.05) is 12.6 Å². The van der Waals surface area contributed by atoms with Gasteiger partial charge in [-0.1, -0.05) is 44.5 Å². The molecule has 1 rings (SSSR count). The molecule has 2 atom stereocenters. The summed E-state index contributed by atoms with van der Waals surface area (Å²) in [6.45, 7) is 6.96. The summed E-state index contributed by atoms with van der Waals surface area (Å²) in [5, 5.41) is 12.5. The summed E-state index contributed by atoms with van der Waals surface area (Å²) < 4.78 is 0. The van der Waals surface area contributed by atoms with Gasteiger partial charge in [-0.3, -0.25) is 4.79 Å². The second-order valence-corrected chi connectivity index (χ2v) is 5.08. The van der Waals surface area contributed by atoms with Crippen LogP contribution in [0, 0.1) is 0 Å². The maximum absolute atomic E-state index is 10.9. The Hall–Kier alpha value is -1.35. The van der Waals surface area contributed by atoms with Gasteiger partial charge in [-0.2, -0.15) is 0 Å². The number of nitrogens with one attached hydrogen (secondary N) is 1. The Labute approximate surface area is 116 Å². The second-order valence-electron chi connectivity index (χ2n) is 5.08. The first-order valence-corrected chi connectivity index (χ1v) is 7.13. The fourth-order valence-electron chi connectivity index (χ4n) is 2.13. The summed E-state index contributed by atoms with van der Waals surface area (Å²) in [5.74, 6) is -1.22. The average molecular weight is 263 g/mol. The van der Waals surface area contributed by atoms with Crippen LogP contribution in [0.3, 0.4) is 0 Å². The predicted octanol–water partition coefficient (Wildman–Crippen LogP) is 3.54. The number of hydrogen-bond acceptors (Lipinski definition) is 2. The minimum atomic E-state index is -0.778. The molecule has 0 aliphatic heterocycles. The van der Waals surface area contributed by atoms with Gasteiger partial charge >= 0.3 is 5.97 Å². The van der Waals surface area contributed by atoms with E-state index in [1.54, 1.807) is 6.92 Å². The molecule has 0 aliphatic carbocycles. The van der Waals surface area contributed by atoms with Crippen LogP contribution in [0.25, 0.3) is 0 Å². The SMILES string of the molecule is CCCC(CC)NCc1ccc(C(C)C(=O)O)cc1. The molecule has 3 heteroatoms. The molecular weight excluding hydrogens is 238 g/mol. The number of benzene rings is 1. The molecule has 0 radical (unpaired) electrons. The number of aliphatic carboxylic acids is 1. The van der Waals surface area contributed by atoms with Gasteiger partial charge in [-0.05, 0) is 30.9 Å². The summed E-state index contributed by atoms with van der Waals surface area (Å²) >= 11 is 0. The topological polar surface area (TPSA) is 49.3 Å². The van der Waals surface area contributed by atoms with Crippen molar-refractivity contribution in [2.24, 2.45) is 0 Å². The minimum absolute atomic E-state index is 0.439. The lowest BCUT2D eigenvalue weighted by molar-refractivity contribution is -0.138. The fourth-order valence-corrected chi connectivity index (χ4v) is 2.13. The Bertz CT molecular complexity index is 386. The Morgan fingerprint density at radius 2 is 1.89 bits per heavy atom. The first-order chi connectivity index (χ1) is 9.08. The van der Waals surface area contributed by atoms with Gasteiger partial charge in [-0.25, -0.2) is 0 Å². The summed E-state index contributed by atoms with van der Waals surface area (Å²) in [6, 6.07) is 8.43. The smallest absolute Gasteiger partial charge is 0.310 e. The zero-order chi connectivity index (χ0) is 14.3. The standard InChI is InChI=1S/C16H25NO2/c1-4-6-15(5-2)17-11-13-7-9-14(10-8-13)12(3)16(18)19/h7-10,12,15,17H,4-6,11H2,1-3H3,(H,18,19). The molecule has 1 aromatic carbocycles. The number of carboxylic acid groups (broad SMARTS) is 1. The van der Waals surface area contributed by atoms with E-state index in [2.05, 4.69) is 19.2 Å². The van der Waals surface area contributed by atoms with E-state index >= 15 is 0 Å². The first-order valence-electron chi connectivity index (χ1n) is 7.13. The molecule has 0 heterocycles. The third-order valence-corrected chi connectivity index (χ3v) is 3.57. The third kappa shape index (κ3) is 5.03. The Morgan fingerprint density at radius 3 is 2.37 bits per heavy atom. The third-order valence-electron chi connectivity index (χ3n) is 3.57. The molecule has 3 nitrogen and oxygen atoms in total. The molecule has 106 valence electrons. The largest absolute Gasteiger partial charge is 0.481 e. The van der Waals surface area contributed by atoms with E-state index in [0.717, 1.165) is 18.5 Å². The quantitative estimate of drug-likeness (QED) is 0.754. The Morgan fingerprint density at radius 1 is 1.26 bits per heavy atom. The molecule has 0 saturated heterocycles. The first kappa shape index (κ1) is 15.7. The predicted molar refractivity (Wildman–Crippen MR) is 78.3 cm³/mol. The van der Waals surface area contributed by atoms with Crippen LogP contribution in [0.1, 0.15) is 57.1 Å². The Balaban J connectivity index is 2.54. The highest BCUT2D eigenvalue weighted by atomic mass is 16.4. The van der Waals surface area contributed by atoms with Gasteiger partial charge in [-0.15, -0.1) is 0 Å². The molecule has 2 unspecified atom stereocenters. The van der Waals surface area contributed by atoms with Crippen molar-refractivity contribution in [3.05, 3.63) is 35.4 Å². The van der Waals surface area contributed by atoms with Gasteiger partial charge in [0.25, 0.3) is 0 Å². The van der Waals surface area contributed by atoms with Crippen molar-refractivity contribution in [2.45, 2.75) is 58.5 Å². The normalized spacial score (nSPS) is 14.1. The molecule has 0 amide bonds. The molecule has 0 bridgehead atoms. The number of carboxylic acids is 1. The maximum Gasteiger partial charge on any atom is 0.310 e. The van der Waals surface area contributed by atoms with Crippen LogP contribution in [0.15, 0.2) is 24.3 Å². The van der Waals surface area contributed by atoms with Gasteiger partial charge in [0.2, 0.25) is 0 Å². The molecular formula is C16H25NO2. The summed E-state index contributed by atoms with van der Waals surface area (Å²) in [6.07, 6.45) is 3.53. The number of hydrogen-bond donors (Lipinski definition) is 2. The fraction of sp³-hybridized carbons (Fsp3) is 0.562. The highest BCUT2D eigenvalue weighted by Crippen LogP contribution is 2.16. The van der Waals surface area contributed by atoms with Crippen LogP contribution in [0.4, 0.5) is 0 Å². The van der Waals surface area contributed by atoms with E-state index in [1.165, 1.54) is 18.4 Å². The summed E-state index contributed by atoms with van der Waals surface area (Å²) in [7, 11) is 0.